The number of amidine groups is 1. The molecule has 5 N–H and O–H groups in total. The Morgan fingerprint density at radius 3 is 1.84 bits per heavy atom. The molecule has 0 aliphatic heterocycles. The van der Waals surface area contributed by atoms with E-state index in [1.807, 2.05) is 66.7 Å². The van der Waals surface area contributed by atoms with Crippen LogP contribution in [0.2, 0.25) is 0 Å². The molecular formula is C30H30N4O3. The molecule has 0 heterocycles. The smallest absolute Gasteiger partial charge is 0.247 e. The van der Waals surface area contributed by atoms with E-state index in [2.05, 4.69) is 10.6 Å². The maximum absolute atomic E-state index is 13.9. The van der Waals surface area contributed by atoms with Crippen molar-refractivity contribution in [2.45, 2.75) is 12.1 Å². The van der Waals surface area contributed by atoms with Crippen molar-refractivity contribution in [1.82, 2.24) is 5.32 Å². The number of anilines is 1. The van der Waals surface area contributed by atoms with Crippen LogP contribution >= 0.6 is 0 Å². The molecule has 7 nitrogen and oxygen atoms in total. The lowest BCUT2D eigenvalue weighted by Crippen LogP contribution is -2.36. The zero-order valence-corrected chi connectivity index (χ0v) is 20.8. The van der Waals surface area contributed by atoms with Gasteiger partial charge in [0.2, 0.25) is 5.91 Å². The van der Waals surface area contributed by atoms with Crippen LogP contribution in [-0.4, -0.2) is 26.0 Å². The number of nitrogens with two attached hydrogens (primary N) is 1. The minimum absolute atomic E-state index is 0.0192. The lowest BCUT2D eigenvalue weighted by molar-refractivity contribution is -0.122. The highest BCUT2D eigenvalue weighted by Gasteiger charge is 2.26. The molecule has 4 rings (SSSR count). The van der Waals surface area contributed by atoms with Crippen LogP contribution in [0.15, 0.2) is 103 Å². The van der Waals surface area contributed by atoms with Gasteiger partial charge in [0.1, 0.15) is 11.9 Å². The first-order valence-electron chi connectivity index (χ1n) is 11.8. The first-order valence-corrected chi connectivity index (χ1v) is 11.8. The molecule has 0 aromatic heterocycles. The van der Waals surface area contributed by atoms with Gasteiger partial charge in [-0.1, -0.05) is 66.7 Å². The molecule has 4 aromatic carbocycles. The molecule has 0 bridgehead atoms. The first kappa shape index (κ1) is 25.3. The van der Waals surface area contributed by atoms with Crippen molar-refractivity contribution in [2.24, 2.45) is 5.73 Å². The van der Waals surface area contributed by atoms with Crippen molar-refractivity contribution in [3.63, 3.8) is 0 Å². The van der Waals surface area contributed by atoms with E-state index in [4.69, 9.17) is 20.6 Å². The highest BCUT2D eigenvalue weighted by Crippen LogP contribution is 2.32. The molecule has 37 heavy (non-hydrogen) atoms. The number of carbonyl (C=O) groups excluding carboxylic acids is 1. The van der Waals surface area contributed by atoms with Crippen LogP contribution in [0.25, 0.3) is 0 Å². The van der Waals surface area contributed by atoms with Crippen LogP contribution in [0.3, 0.4) is 0 Å². The van der Waals surface area contributed by atoms with Gasteiger partial charge in [0.15, 0.2) is 11.5 Å². The summed E-state index contributed by atoms with van der Waals surface area (Å²) < 4.78 is 10.9. The lowest BCUT2D eigenvalue weighted by atomic mass is 9.97. The molecule has 1 atom stereocenters. The van der Waals surface area contributed by atoms with E-state index < -0.39 is 6.04 Å². The molecule has 0 saturated heterocycles. The topological polar surface area (TPSA) is 109 Å². The summed E-state index contributed by atoms with van der Waals surface area (Å²) in [6.07, 6.45) is 0. The van der Waals surface area contributed by atoms with Gasteiger partial charge in [-0.25, -0.2) is 0 Å². The van der Waals surface area contributed by atoms with E-state index >= 15 is 0 Å². The second-order valence-electron chi connectivity index (χ2n) is 8.45. The second kappa shape index (κ2) is 11.8. The first-order chi connectivity index (χ1) is 18.0. The third-order valence-electron chi connectivity index (χ3n) is 6.06. The van der Waals surface area contributed by atoms with Crippen molar-refractivity contribution in [3.05, 3.63) is 125 Å². The number of nitrogen functional groups attached to an aromatic ring is 1. The summed E-state index contributed by atoms with van der Waals surface area (Å²) in [6.45, 7) is 0. The minimum atomic E-state index is -0.752. The van der Waals surface area contributed by atoms with E-state index in [9.17, 15) is 4.79 Å². The summed E-state index contributed by atoms with van der Waals surface area (Å²) in [4.78, 5) is 13.9. The Morgan fingerprint density at radius 1 is 0.757 bits per heavy atom. The molecular weight excluding hydrogens is 464 g/mol. The van der Waals surface area contributed by atoms with E-state index in [-0.39, 0.29) is 17.8 Å². The maximum atomic E-state index is 13.9. The monoisotopic (exact) mass is 494 g/mol. The molecule has 0 aliphatic carbocycles. The standard InChI is InChI=1S/C30H30N4O3/c1-36-25-18-15-23(19-26(25)37-2)28(33-24-16-13-22(14-17-24)29(31)32)30(35)34-27(20-9-5-3-6-10-20)21-11-7-4-8-12-21/h3-19,27-28,33H,1-2H3,(H3,31,32)(H,34,35)/t28-/m1/s1. The third-order valence-corrected chi connectivity index (χ3v) is 6.06. The van der Waals surface area contributed by atoms with Crippen LogP contribution in [0.5, 0.6) is 11.5 Å². The normalized spacial score (nSPS) is 11.4. The van der Waals surface area contributed by atoms with Crippen molar-refractivity contribution >= 4 is 17.4 Å². The lowest BCUT2D eigenvalue weighted by Gasteiger charge is -2.26. The molecule has 188 valence electrons. The van der Waals surface area contributed by atoms with Gasteiger partial charge in [-0.15, -0.1) is 0 Å². The van der Waals surface area contributed by atoms with Gasteiger partial charge in [-0.3, -0.25) is 10.2 Å². The predicted molar refractivity (Wildman–Crippen MR) is 146 cm³/mol. The average molecular weight is 495 g/mol. The van der Waals surface area contributed by atoms with Gasteiger partial charge in [0, 0.05) is 11.3 Å². The molecule has 0 aliphatic rings. The molecule has 0 unspecified atom stereocenters. The Labute approximate surface area is 216 Å². The quantitative estimate of drug-likeness (QED) is 0.182. The number of amides is 1. The third kappa shape index (κ3) is 6.08. The summed E-state index contributed by atoms with van der Waals surface area (Å²) in [5, 5.41) is 14.2. The van der Waals surface area contributed by atoms with E-state index in [1.54, 1.807) is 50.6 Å². The summed E-state index contributed by atoms with van der Waals surface area (Å²) in [5.74, 6) is 0.853. The van der Waals surface area contributed by atoms with Crippen molar-refractivity contribution < 1.29 is 14.3 Å². The number of rotatable bonds is 10. The molecule has 0 radical (unpaired) electrons. The van der Waals surface area contributed by atoms with Crippen molar-refractivity contribution in [2.75, 3.05) is 19.5 Å². The van der Waals surface area contributed by atoms with Crippen LogP contribution in [-0.2, 0) is 4.79 Å². The molecule has 4 aromatic rings. The Hall–Kier alpha value is -4.78. The molecule has 0 saturated carbocycles. The second-order valence-corrected chi connectivity index (χ2v) is 8.45. The molecule has 0 fully saturated rings. The highest BCUT2D eigenvalue weighted by molar-refractivity contribution is 5.95. The fraction of sp³-hybridized carbons (Fsp3) is 0.133. The summed E-state index contributed by atoms with van der Waals surface area (Å²) >= 11 is 0. The minimum Gasteiger partial charge on any atom is -0.493 e. The Kier molecular flexibility index (Phi) is 8.05. The summed E-state index contributed by atoms with van der Waals surface area (Å²) in [7, 11) is 3.13. The van der Waals surface area contributed by atoms with Crippen LogP contribution in [0.4, 0.5) is 5.69 Å². The average Bonchev–Trinajstić information content (AvgIpc) is 2.95. The number of benzene rings is 4. The van der Waals surface area contributed by atoms with Crippen LogP contribution < -0.4 is 25.8 Å². The van der Waals surface area contributed by atoms with Gasteiger partial charge in [-0.2, -0.15) is 0 Å². The zero-order valence-electron chi connectivity index (χ0n) is 20.8. The SMILES string of the molecule is COc1ccc([C@@H](Nc2ccc(C(=N)N)cc2)C(=O)NC(c2ccccc2)c2ccccc2)cc1OC. The Bertz CT molecular complexity index is 1300. The number of ether oxygens (including phenoxy) is 2. The van der Waals surface area contributed by atoms with Gasteiger partial charge in [-0.05, 0) is 53.1 Å². The van der Waals surface area contributed by atoms with Crippen molar-refractivity contribution in [1.29, 1.82) is 5.41 Å². The number of hydrogen-bond donors (Lipinski definition) is 4. The molecule has 0 spiro atoms. The number of carbonyl (C=O) groups is 1. The van der Waals surface area contributed by atoms with Crippen molar-refractivity contribution in [3.8, 4) is 11.5 Å². The Balaban J connectivity index is 1.71. The molecule has 7 heteroatoms. The van der Waals surface area contributed by atoms with E-state index in [0.29, 0.717) is 28.3 Å². The summed E-state index contributed by atoms with van der Waals surface area (Å²) in [5.41, 5.74) is 9.55. The van der Waals surface area contributed by atoms with Gasteiger partial charge >= 0.3 is 0 Å². The maximum Gasteiger partial charge on any atom is 0.247 e. The zero-order chi connectivity index (χ0) is 26.2. The predicted octanol–water partition coefficient (Wildman–Crippen LogP) is 5.05. The summed E-state index contributed by atoms with van der Waals surface area (Å²) in [6, 6.07) is 31.1. The van der Waals surface area contributed by atoms with Gasteiger partial charge in [0.05, 0.1) is 20.3 Å². The van der Waals surface area contributed by atoms with Gasteiger partial charge in [0.25, 0.3) is 0 Å². The fourth-order valence-electron chi connectivity index (χ4n) is 4.12. The highest BCUT2D eigenvalue weighted by atomic mass is 16.5. The van der Waals surface area contributed by atoms with E-state index in [0.717, 1.165) is 11.1 Å². The number of methoxy groups -OCH3 is 2. The largest absolute Gasteiger partial charge is 0.493 e. The number of hydrogen-bond acceptors (Lipinski definition) is 5. The fourth-order valence-corrected chi connectivity index (χ4v) is 4.12. The van der Waals surface area contributed by atoms with E-state index in [1.165, 1.54) is 0 Å². The molecule has 1 amide bonds. The Morgan fingerprint density at radius 2 is 1.32 bits per heavy atom. The number of nitrogens with one attached hydrogen (secondary N) is 3. The van der Waals surface area contributed by atoms with Crippen LogP contribution in [0, 0.1) is 5.41 Å². The van der Waals surface area contributed by atoms with Crippen LogP contribution in [0.1, 0.15) is 34.3 Å². The van der Waals surface area contributed by atoms with Gasteiger partial charge < -0.3 is 25.8 Å².